The third-order valence-electron chi connectivity index (χ3n) is 4.37. The lowest BCUT2D eigenvalue weighted by Gasteiger charge is -2.32. The molecule has 0 atom stereocenters. The molecular weight excluding hydrogens is 334 g/mol. The number of piperidine rings is 1. The van der Waals surface area contributed by atoms with E-state index in [1.165, 1.54) is 16.9 Å². The number of nitrogens with one attached hydrogen (secondary N) is 1. The van der Waals surface area contributed by atoms with E-state index in [0.29, 0.717) is 0 Å². The van der Waals surface area contributed by atoms with Gasteiger partial charge in [-0.15, -0.1) is 0 Å². The third kappa shape index (κ3) is 4.31. The van der Waals surface area contributed by atoms with E-state index in [0.717, 1.165) is 53.9 Å². The topological polar surface area (TPSA) is 54.5 Å². The highest BCUT2D eigenvalue weighted by Crippen LogP contribution is 2.26. The summed E-state index contributed by atoms with van der Waals surface area (Å²) in [6, 6.07) is 8.14. The molecule has 6 heteroatoms. The normalized spacial score (nSPS) is 15.2. The summed E-state index contributed by atoms with van der Waals surface area (Å²) < 4.78 is 6.05. The number of hydrogen-bond acceptors (Lipinski definition) is 5. The van der Waals surface area contributed by atoms with Gasteiger partial charge >= 0.3 is 0 Å². The average Bonchev–Trinajstić information content (AvgIpc) is 2.98. The Kier molecular flexibility index (Phi) is 5.58. The zero-order valence-corrected chi connectivity index (χ0v) is 15.9. The van der Waals surface area contributed by atoms with Crippen LogP contribution in [0.2, 0.25) is 0 Å². The second-order valence-electron chi connectivity index (χ2n) is 6.39. The fraction of sp³-hybridized carbons (Fsp3) is 0.474. The van der Waals surface area contributed by atoms with Crippen LogP contribution in [0, 0.1) is 13.8 Å². The molecule has 0 unspecified atom stereocenters. The molecule has 0 bridgehead atoms. The van der Waals surface area contributed by atoms with Gasteiger partial charge in [0.15, 0.2) is 5.13 Å². The van der Waals surface area contributed by atoms with Gasteiger partial charge in [0.05, 0.1) is 5.69 Å². The van der Waals surface area contributed by atoms with Crippen LogP contribution in [0.1, 0.15) is 40.7 Å². The lowest BCUT2D eigenvalue weighted by molar-refractivity contribution is 0.0599. The van der Waals surface area contributed by atoms with Crippen LogP contribution in [-0.4, -0.2) is 41.5 Å². The minimum Gasteiger partial charge on any atom is -0.490 e. The van der Waals surface area contributed by atoms with Crippen molar-refractivity contribution in [3.8, 4) is 5.75 Å². The number of aryl methyl sites for hydroxylation is 2. The molecule has 0 aliphatic carbocycles. The van der Waals surface area contributed by atoms with Gasteiger partial charge in [-0.1, -0.05) is 29.0 Å². The van der Waals surface area contributed by atoms with Gasteiger partial charge in [-0.25, -0.2) is 4.98 Å². The van der Waals surface area contributed by atoms with Gasteiger partial charge in [0.2, 0.25) is 0 Å². The SMILES string of the molecule is CCNc1nc(C)c(C(=O)N2CCC(Oc3ccc(C)cc3)CC2)s1. The Bertz CT molecular complexity index is 719. The number of nitrogens with zero attached hydrogens (tertiary/aromatic N) is 2. The first-order chi connectivity index (χ1) is 12.1. The van der Waals surface area contributed by atoms with Crippen LogP contribution >= 0.6 is 11.3 Å². The number of anilines is 1. The first-order valence-corrected chi connectivity index (χ1v) is 9.62. The quantitative estimate of drug-likeness (QED) is 0.880. The van der Waals surface area contributed by atoms with Gasteiger partial charge in [0.1, 0.15) is 16.7 Å². The Morgan fingerprint density at radius 2 is 1.96 bits per heavy atom. The standard InChI is InChI=1S/C19H25N3O2S/c1-4-20-19-21-14(3)17(25-19)18(23)22-11-9-16(10-12-22)24-15-7-5-13(2)6-8-15/h5-8,16H,4,9-12H2,1-3H3,(H,20,21). The largest absolute Gasteiger partial charge is 0.490 e. The number of thiazole rings is 1. The van der Waals surface area contributed by atoms with Gasteiger partial charge in [-0.05, 0) is 32.9 Å². The summed E-state index contributed by atoms with van der Waals surface area (Å²) in [6.07, 6.45) is 1.89. The number of amides is 1. The third-order valence-corrected chi connectivity index (χ3v) is 5.47. The number of hydrogen-bond donors (Lipinski definition) is 1. The van der Waals surface area contributed by atoms with Crippen molar-refractivity contribution in [2.45, 2.75) is 39.7 Å². The van der Waals surface area contributed by atoms with Crippen LogP contribution in [0.4, 0.5) is 5.13 Å². The first kappa shape index (κ1) is 17.7. The summed E-state index contributed by atoms with van der Waals surface area (Å²) in [6.45, 7) is 8.25. The van der Waals surface area contributed by atoms with Crippen molar-refractivity contribution in [3.05, 3.63) is 40.4 Å². The predicted molar refractivity (Wildman–Crippen MR) is 102 cm³/mol. The van der Waals surface area contributed by atoms with Crippen molar-refractivity contribution in [3.63, 3.8) is 0 Å². The molecule has 5 nitrogen and oxygen atoms in total. The summed E-state index contributed by atoms with van der Waals surface area (Å²) in [5, 5.41) is 4.00. The Labute approximate surface area is 153 Å². The highest BCUT2D eigenvalue weighted by molar-refractivity contribution is 7.17. The molecule has 1 fully saturated rings. The van der Waals surface area contributed by atoms with E-state index in [-0.39, 0.29) is 12.0 Å². The second kappa shape index (κ2) is 7.87. The maximum Gasteiger partial charge on any atom is 0.265 e. The van der Waals surface area contributed by atoms with Gasteiger partial charge < -0.3 is 15.0 Å². The molecule has 134 valence electrons. The molecule has 1 aliphatic rings. The molecule has 2 heterocycles. The van der Waals surface area contributed by atoms with Crippen molar-refractivity contribution in [2.24, 2.45) is 0 Å². The lowest BCUT2D eigenvalue weighted by Crippen LogP contribution is -2.41. The highest BCUT2D eigenvalue weighted by Gasteiger charge is 2.27. The van der Waals surface area contributed by atoms with Crippen molar-refractivity contribution < 1.29 is 9.53 Å². The van der Waals surface area contributed by atoms with E-state index in [1.54, 1.807) is 0 Å². The van der Waals surface area contributed by atoms with Crippen molar-refractivity contribution in [2.75, 3.05) is 25.0 Å². The molecule has 1 N–H and O–H groups in total. The van der Waals surface area contributed by atoms with E-state index < -0.39 is 0 Å². The minimum atomic E-state index is 0.0907. The van der Waals surface area contributed by atoms with E-state index in [4.69, 9.17) is 4.74 Å². The summed E-state index contributed by atoms with van der Waals surface area (Å²) in [5.41, 5.74) is 2.04. The van der Waals surface area contributed by atoms with Crippen LogP contribution in [-0.2, 0) is 0 Å². The number of carbonyl (C=O) groups excluding carboxylic acids is 1. The zero-order valence-electron chi connectivity index (χ0n) is 15.0. The van der Waals surface area contributed by atoms with Crippen LogP contribution in [0.15, 0.2) is 24.3 Å². The molecule has 1 amide bonds. The number of ether oxygens (including phenoxy) is 1. The molecule has 0 spiro atoms. The van der Waals surface area contributed by atoms with Crippen LogP contribution in [0.5, 0.6) is 5.75 Å². The van der Waals surface area contributed by atoms with Gasteiger partial charge in [0, 0.05) is 32.5 Å². The van der Waals surface area contributed by atoms with E-state index in [2.05, 4.69) is 29.4 Å². The van der Waals surface area contributed by atoms with Gasteiger partial charge in [-0.3, -0.25) is 4.79 Å². The van der Waals surface area contributed by atoms with Crippen molar-refractivity contribution >= 4 is 22.4 Å². The summed E-state index contributed by atoms with van der Waals surface area (Å²) in [7, 11) is 0. The molecule has 0 radical (unpaired) electrons. The maximum atomic E-state index is 12.8. The number of likely N-dealkylation sites (tertiary alicyclic amines) is 1. The Morgan fingerprint density at radius 3 is 2.60 bits per heavy atom. The number of carbonyl (C=O) groups is 1. The highest BCUT2D eigenvalue weighted by atomic mass is 32.1. The molecule has 1 aromatic heterocycles. The van der Waals surface area contributed by atoms with Crippen LogP contribution in [0.3, 0.4) is 0 Å². The summed E-state index contributed by atoms with van der Waals surface area (Å²) >= 11 is 1.45. The van der Waals surface area contributed by atoms with Gasteiger partial charge in [0.25, 0.3) is 5.91 Å². The van der Waals surface area contributed by atoms with E-state index in [9.17, 15) is 4.79 Å². The van der Waals surface area contributed by atoms with Gasteiger partial charge in [-0.2, -0.15) is 0 Å². The second-order valence-corrected chi connectivity index (χ2v) is 7.39. The number of rotatable bonds is 5. The molecule has 0 saturated carbocycles. The van der Waals surface area contributed by atoms with E-state index >= 15 is 0 Å². The molecule has 3 rings (SSSR count). The average molecular weight is 359 g/mol. The molecule has 1 aromatic carbocycles. The summed E-state index contributed by atoms with van der Waals surface area (Å²) in [5.74, 6) is 0.997. The smallest absolute Gasteiger partial charge is 0.265 e. The summed E-state index contributed by atoms with van der Waals surface area (Å²) in [4.78, 5) is 19.9. The fourth-order valence-electron chi connectivity index (χ4n) is 2.95. The van der Waals surface area contributed by atoms with E-state index in [1.807, 2.05) is 30.9 Å². The maximum absolute atomic E-state index is 12.8. The van der Waals surface area contributed by atoms with Crippen LogP contribution < -0.4 is 10.1 Å². The van der Waals surface area contributed by atoms with Crippen molar-refractivity contribution in [1.29, 1.82) is 0 Å². The molecule has 1 aliphatic heterocycles. The number of benzene rings is 1. The minimum absolute atomic E-state index is 0.0907. The molecule has 25 heavy (non-hydrogen) atoms. The Morgan fingerprint density at radius 1 is 1.28 bits per heavy atom. The fourth-order valence-corrected chi connectivity index (χ4v) is 3.95. The molecule has 2 aromatic rings. The molecule has 1 saturated heterocycles. The monoisotopic (exact) mass is 359 g/mol. The number of aromatic nitrogens is 1. The zero-order chi connectivity index (χ0) is 17.8. The Hall–Kier alpha value is -2.08. The molecular formula is C19H25N3O2S. The first-order valence-electron chi connectivity index (χ1n) is 8.80. The van der Waals surface area contributed by atoms with Crippen LogP contribution in [0.25, 0.3) is 0 Å². The lowest BCUT2D eigenvalue weighted by atomic mass is 10.1. The van der Waals surface area contributed by atoms with Crippen molar-refractivity contribution in [1.82, 2.24) is 9.88 Å². The Balaban J connectivity index is 1.56. The predicted octanol–water partition coefficient (Wildman–Crippen LogP) is 3.88.